The van der Waals surface area contributed by atoms with Crippen LogP contribution in [0, 0.1) is 0 Å². The van der Waals surface area contributed by atoms with E-state index < -0.39 is 12.0 Å². The molecule has 22 heavy (non-hydrogen) atoms. The van der Waals surface area contributed by atoms with E-state index in [2.05, 4.69) is 10.1 Å². The summed E-state index contributed by atoms with van der Waals surface area (Å²) < 4.78 is 10.3. The second-order valence-electron chi connectivity index (χ2n) is 4.90. The van der Waals surface area contributed by atoms with Gasteiger partial charge in [0.2, 0.25) is 5.91 Å². The zero-order valence-electron chi connectivity index (χ0n) is 12.4. The van der Waals surface area contributed by atoms with Crippen molar-refractivity contribution in [3.8, 4) is 5.75 Å². The van der Waals surface area contributed by atoms with E-state index in [4.69, 9.17) is 16.3 Å². The summed E-state index contributed by atoms with van der Waals surface area (Å²) in [7, 11) is 1.31. The number of amides is 1. The Labute approximate surface area is 134 Å². The Bertz CT molecular complexity index is 538. The first-order valence-electron chi connectivity index (χ1n) is 7.07. The van der Waals surface area contributed by atoms with Crippen LogP contribution in [0.15, 0.2) is 24.3 Å². The Balaban J connectivity index is 1.90. The van der Waals surface area contributed by atoms with Gasteiger partial charge in [0.05, 0.1) is 24.6 Å². The smallest absolute Gasteiger partial charge is 0.307 e. The Morgan fingerprint density at radius 3 is 2.95 bits per heavy atom. The second kappa shape index (κ2) is 8.00. The van der Waals surface area contributed by atoms with Gasteiger partial charge in [-0.3, -0.25) is 14.5 Å². The van der Waals surface area contributed by atoms with Crippen molar-refractivity contribution in [3.63, 3.8) is 0 Å². The average Bonchev–Trinajstić information content (AvgIpc) is 2.52. The van der Waals surface area contributed by atoms with Gasteiger partial charge in [-0.05, 0) is 12.1 Å². The van der Waals surface area contributed by atoms with Crippen LogP contribution >= 0.6 is 11.6 Å². The van der Waals surface area contributed by atoms with Crippen molar-refractivity contribution in [1.82, 2.24) is 10.2 Å². The third kappa shape index (κ3) is 4.35. The van der Waals surface area contributed by atoms with Crippen LogP contribution in [0.5, 0.6) is 5.75 Å². The number of methoxy groups -OCH3 is 1. The number of carbonyl (C=O) groups excluding carboxylic acids is 2. The Morgan fingerprint density at radius 2 is 2.23 bits per heavy atom. The summed E-state index contributed by atoms with van der Waals surface area (Å²) in [6.45, 7) is 2.14. The average molecular weight is 327 g/mol. The molecule has 1 aromatic carbocycles. The maximum Gasteiger partial charge on any atom is 0.307 e. The third-order valence-electron chi connectivity index (χ3n) is 3.50. The Morgan fingerprint density at radius 1 is 1.45 bits per heavy atom. The summed E-state index contributed by atoms with van der Waals surface area (Å²) in [6, 6.07) is 6.70. The molecule has 7 heteroatoms. The molecule has 0 bridgehead atoms. The fourth-order valence-corrected chi connectivity index (χ4v) is 2.52. The SMILES string of the molecule is COC(=O)CC1C(=O)NCCN1CCOc1ccccc1Cl. The van der Waals surface area contributed by atoms with Gasteiger partial charge in [0, 0.05) is 19.6 Å². The fraction of sp³-hybridized carbons (Fsp3) is 0.467. The molecule has 1 fully saturated rings. The number of halogens is 1. The first-order chi connectivity index (χ1) is 10.6. The lowest BCUT2D eigenvalue weighted by atomic mass is 10.1. The number of carbonyl (C=O) groups is 2. The van der Waals surface area contributed by atoms with E-state index in [1.165, 1.54) is 7.11 Å². The van der Waals surface area contributed by atoms with E-state index in [1.807, 2.05) is 17.0 Å². The number of nitrogens with one attached hydrogen (secondary N) is 1. The van der Waals surface area contributed by atoms with Crippen LogP contribution in [0.25, 0.3) is 0 Å². The van der Waals surface area contributed by atoms with E-state index in [-0.39, 0.29) is 12.3 Å². The van der Waals surface area contributed by atoms with E-state index in [1.54, 1.807) is 12.1 Å². The summed E-state index contributed by atoms with van der Waals surface area (Å²) >= 11 is 6.02. The van der Waals surface area contributed by atoms with E-state index >= 15 is 0 Å². The van der Waals surface area contributed by atoms with Crippen LogP contribution in [0.4, 0.5) is 0 Å². The predicted molar refractivity (Wildman–Crippen MR) is 82.0 cm³/mol. The number of benzene rings is 1. The van der Waals surface area contributed by atoms with E-state index in [9.17, 15) is 9.59 Å². The van der Waals surface area contributed by atoms with Crippen LogP contribution in [0.1, 0.15) is 6.42 Å². The van der Waals surface area contributed by atoms with Gasteiger partial charge >= 0.3 is 5.97 Å². The normalized spacial score (nSPS) is 18.6. The van der Waals surface area contributed by atoms with Gasteiger partial charge in [0.15, 0.2) is 0 Å². The molecule has 1 N–H and O–H groups in total. The van der Waals surface area contributed by atoms with Crippen LogP contribution < -0.4 is 10.1 Å². The standard InChI is InChI=1S/C15H19ClN2O4/c1-21-14(19)10-12-15(20)17-6-7-18(12)8-9-22-13-5-3-2-4-11(13)16/h2-5,12H,6-10H2,1H3,(H,17,20). The third-order valence-corrected chi connectivity index (χ3v) is 3.81. The molecule has 120 valence electrons. The minimum Gasteiger partial charge on any atom is -0.491 e. The second-order valence-corrected chi connectivity index (χ2v) is 5.31. The molecule has 0 aliphatic carbocycles. The highest BCUT2D eigenvalue weighted by Crippen LogP contribution is 2.23. The van der Waals surface area contributed by atoms with E-state index in [0.717, 1.165) is 0 Å². The molecule has 1 aliphatic heterocycles. The number of nitrogens with zero attached hydrogens (tertiary/aromatic N) is 1. The number of ether oxygens (including phenoxy) is 2. The van der Waals surface area contributed by atoms with Gasteiger partial charge in [-0.15, -0.1) is 0 Å². The van der Waals surface area contributed by atoms with Crippen LogP contribution in [-0.4, -0.2) is 56.2 Å². The number of para-hydroxylation sites is 1. The molecular formula is C15H19ClN2O4. The van der Waals surface area contributed by atoms with Gasteiger partial charge in [0.1, 0.15) is 12.4 Å². The van der Waals surface area contributed by atoms with E-state index in [0.29, 0.717) is 37.0 Å². The summed E-state index contributed by atoms with van der Waals surface area (Å²) in [5.41, 5.74) is 0. The maximum absolute atomic E-state index is 11.9. The lowest BCUT2D eigenvalue weighted by Crippen LogP contribution is -2.56. The van der Waals surface area contributed by atoms with Crippen LogP contribution in [-0.2, 0) is 14.3 Å². The van der Waals surface area contributed by atoms with Gasteiger partial charge < -0.3 is 14.8 Å². The molecular weight excluding hydrogens is 308 g/mol. The predicted octanol–water partition coefficient (Wildman–Crippen LogP) is 1.08. The minimum atomic E-state index is -0.518. The molecule has 1 unspecified atom stereocenters. The zero-order chi connectivity index (χ0) is 15.9. The van der Waals surface area contributed by atoms with Gasteiger partial charge in [-0.25, -0.2) is 0 Å². The van der Waals surface area contributed by atoms with Crippen molar-refractivity contribution in [2.45, 2.75) is 12.5 Å². The molecule has 1 aromatic rings. The number of piperazine rings is 1. The molecule has 1 saturated heterocycles. The quantitative estimate of drug-likeness (QED) is 0.792. The number of hydrogen-bond acceptors (Lipinski definition) is 5. The summed E-state index contributed by atoms with van der Waals surface area (Å²) in [5.74, 6) is 0.0450. The molecule has 1 heterocycles. The fourth-order valence-electron chi connectivity index (χ4n) is 2.33. The maximum atomic E-state index is 11.9. The molecule has 2 rings (SSSR count). The summed E-state index contributed by atoms with van der Waals surface area (Å²) in [5, 5.41) is 3.30. The largest absolute Gasteiger partial charge is 0.491 e. The molecule has 0 spiro atoms. The number of rotatable bonds is 6. The van der Waals surface area contributed by atoms with Crippen molar-refractivity contribution in [1.29, 1.82) is 0 Å². The number of esters is 1. The summed E-state index contributed by atoms with van der Waals surface area (Å²) in [4.78, 5) is 25.3. The highest BCUT2D eigenvalue weighted by molar-refractivity contribution is 6.32. The molecule has 0 saturated carbocycles. The Hall–Kier alpha value is -1.79. The zero-order valence-corrected chi connectivity index (χ0v) is 13.1. The molecule has 1 aliphatic rings. The van der Waals surface area contributed by atoms with Gasteiger partial charge in [0.25, 0.3) is 0 Å². The molecule has 1 amide bonds. The van der Waals surface area contributed by atoms with Gasteiger partial charge in [-0.1, -0.05) is 23.7 Å². The first kappa shape index (κ1) is 16.6. The van der Waals surface area contributed by atoms with Crippen molar-refractivity contribution < 1.29 is 19.1 Å². The monoisotopic (exact) mass is 326 g/mol. The van der Waals surface area contributed by atoms with Crippen LogP contribution in [0.2, 0.25) is 5.02 Å². The summed E-state index contributed by atoms with van der Waals surface area (Å²) in [6.07, 6.45) is 0.0361. The van der Waals surface area contributed by atoms with Gasteiger partial charge in [-0.2, -0.15) is 0 Å². The topological polar surface area (TPSA) is 67.9 Å². The lowest BCUT2D eigenvalue weighted by Gasteiger charge is -2.34. The van der Waals surface area contributed by atoms with Crippen molar-refractivity contribution in [3.05, 3.63) is 29.3 Å². The lowest BCUT2D eigenvalue weighted by molar-refractivity contribution is -0.146. The molecule has 1 atom stereocenters. The van der Waals surface area contributed by atoms with Crippen molar-refractivity contribution in [2.75, 3.05) is 33.4 Å². The van der Waals surface area contributed by atoms with Crippen LogP contribution in [0.3, 0.4) is 0 Å². The molecule has 0 radical (unpaired) electrons. The first-order valence-corrected chi connectivity index (χ1v) is 7.45. The van der Waals surface area contributed by atoms with Crippen molar-refractivity contribution >= 4 is 23.5 Å². The Kier molecular flexibility index (Phi) is 6.03. The highest BCUT2D eigenvalue weighted by Gasteiger charge is 2.31. The molecule has 0 aromatic heterocycles. The highest BCUT2D eigenvalue weighted by atomic mass is 35.5. The molecule has 6 nitrogen and oxygen atoms in total. The minimum absolute atomic E-state index is 0.0361. The van der Waals surface area contributed by atoms with Crippen molar-refractivity contribution in [2.24, 2.45) is 0 Å². The number of hydrogen-bond donors (Lipinski definition) is 1.